The average Bonchev–Trinajstić information content (AvgIpc) is 2.97. The maximum Gasteiger partial charge on any atom is 0.325 e. The lowest BCUT2D eigenvalue weighted by molar-refractivity contribution is -0.139. The van der Waals surface area contributed by atoms with Crippen LogP contribution in [0.2, 0.25) is 0 Å². The Balaban J connectivity index is 2.23. The van der Waals surface area contributed by atoms with E-state index in [-0.39, 0.29) is 17.0 Å². The molecule has 7 heteroatoms. The highest BCUT2D eigenvalue weighted by atomic mass is 32.2. The van der Waals surface area contributed by atoms with Crippen molar-refractivity contribution in [1.29, 1.82) is 0 Å². The number of ether oxygens (including phenoxy) is 1. The Hall–Kier alpha value is -1.21. The molecule has 20 heavy (non-hydrogen) atoms. The second-order valence-corrected chi connectivity index (χ2v) is 6.78. The molecular formula is C13H14FNO3S2. The Bertz CT molecular complexity index is 506. The van der Waals surface area contributed by atoms with Crippen LogP contribution in [0.3, 0.4) is 0 Å². The zero-order valence-corrected chi connectivity index (χ0v) is 12.5. The van der Waals surface area contributed by atoms with E-state index in [1.54, 1.807) is 6.07 Å². The largest absolute Gasteiger partial charge is 0.468 e. The Morgan fingerprint density at radius 2 is 2.10 bits per heavy atom. The maximum atomic E-state index is 13.3. The number of carbonyl (C=O) groups excluding carboxylic acids is 2. The standard InChI is InChI=1S/C13H14FNO3S2/c1-18-11(16)8-15(10-4-2-3-9(14)7-10)12(17)13-19-5-6-20-13/h2-4,7,13H,5-6,8H2,1H3. The molecule has 0 bridgehead atoms. The molecule has 0 atom stereocenters. The van der Waals surface area contributed by atoms with Gasteiger partial charge in [0.05, 0.1) is 7.11 Å². The zero-order valence-electron chi connectivity index (χ0n) is 10.9. The van der Waals surface area contributed by atoms with Crippen LogP contribution in [0.1, 0.15) is 0 Å². The summed E-state index contributed by atoms with van der Waals surface area (Å²) in [6.45, 7) is -0.212. The Morgan fingerprint density at radius 1 is 1.40 bits per heavy atom. The fourth-order valence-corrected chi connectivity index (χ4v) is 4.46. The van der Waals surface area contributed by atoms with Crippen LogP contribution in [-0.2, 0) is 14.3 Å². The van der Waals surface area contributed by atoms with E-state index >= 15 is 0 Å². The number of benzene rings is 1. The molecule has 1 saturated heterocycles. The van der Waals surface area contributed by atoms with Gasteiger partial charge in [0.1, 0.15) is 16.9 Å². The second-order valence-electron chi connectivity index (χ2n) is 4.05. The lowest BCUT2D eigenvalue weighted by Crippen LogP contribution is -2.40. The van der Waals surface area contributed by atoms with Crippen LogP contribution in [0.15, 0.2) is 24.3 Å². The normalized spacial score (nSPS) is 15.1. The Labute approximate surface area is 125 Å². The van der Waals surface area contributed by atoms with Gasteiger partial charge in [0.25, 0.3) is 5.91 Å². The summed E-state index contributed by atoms with van der Waals surface area (Å²) in [6.07, 6.45) is 0. The monoisotopic (exact) mass is 315 g/mol. The van der Waals surface area contributed by atoms with Crippen LogP contribution in [0, 0.1) is 5.82 Å². The van der Waals surface area contributed by atoms with E-state index in [4.69, 9.17) is 0 Å². The molecule has 1 aliphatic heterocycles. The quantitative estimate of drug-likeness (QED) is 0.797. The highest BCUT2D eigenvalue weighted by Crippen LogP contribution is 2.34. The molecule has 0 saturated carbocycles. The molecule has 0 aliphatic carbocycles. The molecule has 1 aromatic rings. The number of nitrogens with zero attached hydrogens (tertiary/aromatic N) is 1. The summed E-state index contributed by atoms with van der Waals surface area (Å²) >= 11 is 3.08. The molecule has 2 rings (SSSR count). The molecule has 0 N–H and O–H groups in total. The van der Waals surface area contributed by atoms with Gasteiger partial charge >= 0.3 is 5.97 Å². The first-order valence-corrected chi connectivity index (χ1v) is 8.08. The van der Waals surface area contributed by atoms with E-state index in [0.29, 0.717) is 5.69 Å². The SMILES string of the molecule is COC(=O)CN(C(=O)C1SCCS1)c1cccc(F)c1. The number of methoxy groups -OCH3 is 1. The number of carbonyl (C=O) groups is 2. The maximum absolute atomic E-state index is 13.3. The summed E-state index contributed by atoms with van der Waals surface area (Å²) in [4.78, 5) is 25.2. The predicted molar refractivity (Wildman–Crippen MR) is 79.5 cm³/mol. The van der Waals surface area contributed by atoms with Crippen molar-refractivity contribution in [2.24, 2.45) is 0 Å². The van der Waals surface area contributed by atoms with Crippen LogP contribution in [0.5, 0.6) is 0 Å². The van der Waals surface area contributed by atoms with Gasteiger partial charge in [-0.1, -0.05) is 6.07 Å². The fourth-order valence-electron chi connectivity index (χ4n) is 1.76. The average molecular weight is 315 g/mol. The topological polar surface area (TPSA) is 46.6 Å². The third-order valence-corrected chi connectivity index (χ3v) is 5.69. The first-order chi connectivity index (χ1) is 9.61. The first-order valence-electron chi connectivity index (χ1n) is 5.99. The van der Waals surface area contributed by atoms with Gasteiger partial charge in [0.15, 0.2) is 0 Å². The van der Waals surface area contributed by atoms with E-state index in [0.717, 1.165) is 11.5 Å². The molecule has 1 fully saturated rings. The van der Waals surface area contributed by atoms with E-state index in [9.17, 15) is 14.0 Å². The third-order valence-electron chi connectivity index (χ3n) is 2.72. The van der Waals surface area contributed by atoms with Gasteiger partial charge in [-0.05, 0) is 18.2 Å². The summed E-state index contributed by atoms with van der Waals surface area (Å²) in [5, 5.41) is 0. The van der Waals surface area contributed by atoms with Crippen molar-refractivity contribution in [3.8, 4) is 0 Å². The van der Waals surface area contributed by atoms with E-state index in [2.05, 4.69) is 4.74 Å². The van der Waals surface area contributed by atoms with Gasteiger partial charge in [-0.15, -0.1) is 23.5 Å². The van der Waals surface area contributed by atoms with Crippen molar-refractivity contribution < 1.29 is 18.7 Å². The number of amides is 1. The predicted octanol–water partition coefficient (Wildman–Crippen LogP) is 2.14. The number of hydrogen-bond acceptors (Lipinski definition) is 5. The Morgan fingerprint density at radius 3 is 2.70 bits per heavy atom. The van der Waals surface area contributed by atoms with Crippen LogP contribution < -0.4 is 4.90 Å². The van der Waals surface area contributed by atoms with Crippen molar-refractivity contribution in [2.75, 3.05) is 30.1 Å². The molecule has 1 aliphatic rings. The van der Waals surface area contributed by atoms with E-state index in [1.807, 2.05) is 0 Å². The van der Waals surface area contributed by atoms with Crippen LogP contribution >= 0.6 is 23.5 Å². The molecule has 0 aromatic heterocycles. The van der Waals surface area contributed by atoms with Gasteiger partial charge in [-0.25, -0.2) is 4.39 Å². The van der Waals surface area contributed by atoms with Crippen molar-refractivity contribution in [3.63, 3.8) is 0 Å². The van der Waals surface area contributed by atoms with Crippen molar-refractivity contribution >= 4 is 41.1 Å². The summed E-state index contributed by atoms with van der Waals surface area (Å²) in [7, 11) is 1.26. The van der Waals surface area contributed by atoms with Gasteiger partial charge in [0.2, 0.25) is 0 Å². The highest BCUT2D eigenvalue weighted by molar-refractivity contribution is 8.21. The molecule has 0 unspecified atom stereocenters. The minimum Gasteiger partial charge on any atom is -0.468 e. The minimum atomic E-state index is -0.532. The molecule has 1 aromatic carbocycles. The number of hydrogen-bond donors (Lipinski definition) is 0. The van der Waals surface area contributed by atoms with Gasteiger partial charge in [-0.2, -0.15) is 0 Å². The van der Waals surface area contributed by atoms with Crippen molar-refractivity contribution in [1.82, 2.24) is 0 Å². The summed E-state index contributed by atoms with van der Waals surface area (Å²) in [5.41, 5.74) is 0.369. The van der Waals surface area contributed by atoms with Gasteiger partial charge in [-0.3, -0.25) is 14.5 Å². The van der Waals surface area contributed by atoms with Crippen molar-refractivity contribution in [2.45, 2.75) is 4.58 Å². The Kier molecular flexibility index (Phi) is 5.31. The van der Waals surface area contributed by atoms with Crippen LogP contribution in [0.25, 0.3) is 0 Å². The number of thioether (sulfide) groups is 2. The molecule has 0 radical (unpaired) electrons. The van der Waals surface area contributed by atoms with Crippen molar-refractivity contribution in [3.05, 3.63) is 30.1 Å². The number of rotatable bonds is 4. The molecule has 108 valence electrons. The molecule has 0 spiro atoms. The first kappa shape index (κ1) is 15.2. The fraction of sp³-hybridized carbons (Fsp3) is 0.385. The lowest BCUT2D eigenvalue weighted by atomic mass is 10.2. The van der Waals surface area contributed by atoms with Crippen LogP contribution in [-0.4, -0.2) is 41.6 Å². The number of esters is 1. The van der Waals surface area contributed by atoms with E-state index in [1.165, 1.54) is 53.7 Å². The van der Waals surface area contributed by atoms with Gasteiger partial charge < -0.3 is 4.74 Å². The summed E-state index contributed by atoms with van der Waals surface area (Å²) in [5.74, 6) is 0.619. The molecular weight excluding hydrogens is 301 g/mol. The number of anilines is 1. The van der Waals surface area contributed by atoms with E-state index < -0.39 is 11.8 Å². The number of halogens is 1. The molecule has 1 heterocycles. The lowest BCUT2D eigenvalue weighted by Gasteiger charge is -2.24. The third kappa shape index (κ3) is 3.67. The second kappa shape index (κ2) is 6.99. The highest BCUT2D eigenvalue weighted by Gasteiger charge is 2.31. The van der Waals surface area contributed by atoms with Gasteiger partial charge in [0, 0.05) is 17.2 Å². The molecule has 1 amide bonds. The minimum absolute atomic E-state index is 0.200. The molecule has 4 nitrogen and oxygen atoms in total. The smallest absolute Gasteiger partial charge is 0.325 e. The zero-order chi connectivity index (χ0) is 14.5. The van der Waals surface area contributed by atoms with Crippen LogP contribution in [0.4, 0.5) is 10.1 Å². The summed E-state index contributed by atoms with van der Waals surface area (Å²) in [6, 6.07) is 5.65. The summed E-state index contributed by atoms with van der Waals surface area (Å²) < 4.78 is 17.7.